The number of hydrogen-bond donors (Lipinski definition) is 0. The van der Waals surface area contributed by atoms with Gasteiger partial charge in [0.2, 0.25) is 0 Å². The second-order valence-corrected chi connectivity index (χ2v) is 8.81. The van der Waals surface area contributed by atoms with Crippen molar-refractivity contribution in [1.29, 1.82) is 0 Å². The molecule has 0 heterocycles. The standard InChI is InChI=1S/C30H16F6O2/c31-29(32,33)23-5-1-3-7-25(23)37-21-13-17-9-11-19-15-22(16-20-12-10-18(14-21)27(17)28(19)20)38-26-8-4-2-6-24(26)30(34,35)36/h1-16H. The smallest absolute Gasteiger partial charge is 0.419 e. The topological polar surface area (TPSA) is 18.5 Å². The van der Waals surface area contributed by atoms with Crippen molar-refractivity contribution in [2.45, 2.75) is 12.4 Å². The Kier molecular flexibility index (Phi) is 5.38. The molecule has 2 nitrogen and oxygen atoms in total. The van der Waals surface area contributed by atoms with Crippen LogP contribution in [0.15, 0.2) is 97.1 Å². The van der Waals surface area contributed by atoms with Gasteiger partial charge >= 0.3 is 12.4 Å². The minimum Gasteiger partial charge on any atom is -0.457 e. The van der Waals surface area contributed by atoms with Gasteiger partial charge in [-0.2, -0.15) is 26.3 Å². The van der Waals surface area contributed by atoms with Gasteiger partial charge in [0.05, 0.1) is 11.1 Å². The molecule has 0 bridgehead atoms. The average Bonchev–Trinajstić information content (AvgIpc) is 2.86. The quantitative estimate of drug-likeness (QED) is 0.169. The Labute approximate surface area is 212 Å². The van der Waals surface area contributed by atoms with Crippen LogP contribution in [0.1, 0.15) is 11.1 Å². The van der Waals surface area contributed by atoms with E-state index in [0.29, 0.717) is 0 Å². The van der Waals surface area contributed by atoms with Gasteiger partial charge in [-0.25, -0.2) is 0 Å². The van der Waals surface area contributed by atoms with E-state index in [1.165, 1.54) is 36.4 Å². The van der Waals surface area contributed by atoms with Gasteiger partial charge in [-0.05, 0) is 80.8 Å². The summed E-state index contributed by atoms with van der Waals surface area (Å²) in [5, 5.41) is 4.71. The molecule has 0 radical (unpaired) electrons. The number of hydrogen-bond acceptors (Lipinski definition) is 2. The molecule has 6 rings (SSSR count). The molecule has 38 heavy (non-hydrogen) atoms. The van der Waals surface area contributed by atoms with Crippen molar-refractivity contribution in [3.63, 3.8) is 0 Å². The van der Waals surface area contributed by atoms with Crippen LogP contribution in [0.3, 0.4) is 0 Å². The van der Waals surface area contributed by atoms with Crippen LogP contribution in [-0.4, -0.2) is 0 Å². The van der Waals surface area contributed by atoms with Crippen molar-refractivity contribution >= 4 is 32.3 Å². The van der Waals surface area contributed by atoms with E-state index < -0.39 is 23.5 Å². The summed E-state index contributed by atoms with van der Waals surface area (Å²) in [4.78, 5) is 0. The predicted molar refractivity (Wildman–Crippen MR) is 133 cm³/mol. The zero-order chi connectivity index (χ0) is 26.7. The first-order valence-electron chi connectivity index (χ1n) is 11.5. The fourth-order valence-corrected chi connectivity index (χ4v) is 4.73. The fourth-order valence-electron chi connectivity index (χ4n) is 4.73. The van der Waals surface area contributed by atoms with E-state index in [0.717, 1.165) is 44.5 Å². The second kappa shape index (κ2) is 8.55. The highest BCUT2D eigenvalue weighted by atomic mass is 19.4. The van der Waals surface area contributed by atoms with Crippen LogP contribution < -0.4 is 9.47 Å². The Morgan fingerprint density at radius 1 is 0.421 bits per heavy atom. The number of alkyl halides is 6. The van der Waals surface area contributed by atoms with Crippen LogP contribution >= 0.6 is 0 Å². The zero-order valence-electron chi connectivity index (χ0n) is 19.3. The third-order valence-electron chi connectivity index (χ3n) is 6.32. The minimum absolute atomic E-state index is 0.250. The van der Waals surface area contributed by atoms with Gasteiger partial charge in [0, 0.05) is 0 Å². The summed E-state index contributed by atoms with van der Waals surface area (Å²) in [7, 11) is 0. The zero-order valence-corrected chi connectivity index (χ0v) is 19.3. The van der Waals surface area contributed by atoms with Crippen molar-refractivity contribution in [3.8, 4) is 23.0 Å². The third kappa shape index (κ3) is 4.22. The van der Waals surface area contributed by atoms with Gasteiger partial charge in [0.15, 0.2) is 0 Å². The summed E-state index contributed by atoms with van der Waals surface area (Å²) in [6.07, 6.45) is -9.12. The van der Waals surface area contributed by atoms with Crippen LogP contribution in [0.2, 0.25) is 0 Å². The van der Waals surface area contributed by atoms with Gasteiger partial charge in [-0.15, -0.1) is 0 Å². The van der Waals surface area contributed by atoms with E-state index in [2.05, 4.69) is 0 Å². The maximum absolute atomic E-state index is 13.4. The first kappa shape index (κ1) is 23.9. The molecule has 0 saturated heterocycles. The van der Waals surface area contributed by atoms with Crippen LogP contribution in [0.4, 0.5) is 26.3 Å². The molecule has 6 aromatic carbocycles. The highest BCUT2D eigenvalue weighted by Gasteiger charge is 2.35. The summed E-state index contributed by atoms with van der Waals surface area (Å²) in [5.74, 6) is -0.0942. The van der Waals surface area contributed by atoms with E-state index in [1.54, 1.807) is 48.5 Å². The van der Waals surface area contributed by atoms with Crippen molar-refractivity contribution in [2.24, 2.45) is 0 Å². The molecule has 0 spiro atoms. The monoisotopic (exact) mass is 522 g/mol. The first-order chi connectivity index (χ1) is 18.1. The van der Waals surface area contributed by atoms with Crippen molar-refractivity contribution in [2.75, 3.05) is 0 Å². The number of halogens is 6. The number of rotatable bonds is 4. The van der Waals surface area contributed by atoms with Gasteiger partial charge in [0.25, 0.3) is 0 Å². The van der Waals surface area contributed by atoms with Crippen LogP contribution in [0.5, 0.6) is 23.0 Å². The predicted octanol–water partition coefficient (Wildman–Crippen LogP) is 10.2. The Morgan fingerprint density at radius 2 is 0.737 bits per heavy atom. The summed E-state index contributed by atoms with van der Waals surface area (Å²) in [5.41, 5.74) is -1.74. The maximum Gasteiger partial charge on any atom is 0.419 e. The average molecular weight is 522 g/mol. The molecular weight excluding hydrogens is 506 g/mol. The highest BCUT2D eigenvalue weighted by molar-refractivity contribution is 6.23. The van der Waals surface area contributed by atoms with Gasteiger partial charge in [-0.3, -0.25) is 0 Å². The molecule has 0 fully saturated rings. The largest absolute Gasteiger partial charge is 0.457 e. The normalized spacial score (nSPS) is 12.5. The maximum atomic E-state index is 13.4. The molecule has 6 aromatic rings. The van der Waals surface area contributed by atoms with E-state index in [1.807, 2.05) is 0 Å². The molecule has 0 saturated carbocycles. The van der Waals surface area contributed by atoms with Gasteiger partial charge < -0.3 is 9.47 Å². The summed E-state index contributed by atoms with van der Waals surface area (Å²) in [6, 6.07) is 23.8. The van der Waals surface area contributed by atoms with E-state index in [-0.39, 0.29) is 23.0 Å². The van der Waals surface area contributed by atoms with Crippen LogP contribution in [-0.2, 0) is 12.4 Å². The molecule has 0 aliphatic carbocycles. The molecule has 0 atom stereocenters. The molecule has 8 heteroatoms. The molecule has 0 aliphatic rings. The number of para-hydroxylation sites is 2. The summed E-state index contributed by atoms with van der Waals surface area (Å²) < 4.78 is 91.9. The Bertz CT molecular complexity index is 1600. The molecule has 0 unspecified atom stereocenters. The fraction of sp³-hybridized carbons (Fsp3) is 0.0667. The van der Waals surface area contributed by atoms with Gasteiger partial charge in [0.1, 0.15) is 23.0 Å². The lowest BCUT2D eigenvalue weighted by Gasteiger charge is -2.17. The molecule has 190 valence electrons. The lowest BCUT2D eigenvalue weighted by Crippen LogP contribution is -2.06. The Morgan fingerprint density at radius 3 is 1.05 bits per heavy atom. The molecule has 0 aromatic heterocycles. The van der Waals surface area contributed by atoms with Gasteiger partial charge in [-0.1, -0.05) is 48.5 Å². The van der Waals surface area contributed by atoms with Crippen molar-refractivity contribution < 1.29 is 35.8 Å². The summed E-state index contributed by atoms with van der Waals surface area (Å²) >= 11 is 0. The summed E-state index contributed by atoms with van der Waals surface area (Å²) in [6.45, 7) is 0. The van der Waals surface area contributed by atoms with E-state index in [4.69, 9.17) is 9.47 Å². The Hall–Kier alpha value is -4.46. The first-order valence-corrected chi connectivity index (χ1v) is 11.5. The molecule has 0 amide bonds. The van der Waals surface area contributed by atoms with E-state index >= 15 is 0 Å². The van der Waals surface area contributed by atoms with Crippen molar-refractivity contribution in [1.82, 2.24) is 0 Å². The second-order valence-electron chi connectivity index (χ2n) is 8.81. The highest BCUT2D eigenvalue weighted by Crippen LogP contribution is 2.43. The SMILES string of the molecule is FC(F)(F)c1ccccc1Oc1cc2ccc3cc(Oc4ccccc4C(F)(F)F)cc4ccc(c1)c2c34. The lowest BCUT2D eigenvalue weighted by atomic mass is 9.94. The number of ether oxygens (including phenoxy) is 2. The minimum atomic E-state index is -4.56. The molecule has 0 N–H and O–H groups in total. The van der Waals surface area contributed by atoms with Crippen LogP contribution in [0.25, 0.3) is 32.3 Å². The van der Waals surface area contributed by atoms with E-state index in [9.17, 15) is 26.3 Å². The lowest BCUT2D eigenvalue weighted by molar-refractivity contribution is -0.139. The number of benzene rings is 6. The Balaban J connectivity index is 1.42. The molecule has 0 aliphatic heterocycles. The van der Waals surface area contributed by atoms with Crippen LogP contribution in [0, 0.1) is 0 Å². The van der Waals surface area contributed by atoms with Crippen molar-refractivity contribution in [3.05, 3.63) is 108 Å². The molecular formula is C30H16F6O2. The third-order valence-corrected chi connectivity index (χ3v) is 6.32.